The minimum Gasteiger partial charge on any atom is -0.478 e. The number of aromatic nitrogens is 2. The Labute approximate surface area is 95.5 Å². The molecule has 0 bridgehead atoms. The van der Waals surface area contributed by atoms with Crippen LogP contribution in [0.3, 0.4) is 0 Å². The van der Waals surface area contributed by atoms with Crippen molar-refractivity contribution in [1.29, 1.82) is 0 Å². The van der Waals surface area contributed by atoms with E-state index in [1.54, 1.807) is 24.3 Å². The van der Waals surface area contributed by atoms with Gasteiger partial charge >= 0.3 is 5.97 Å². The predicted molar refractivity (Wildman–Crippen MR) is 57.3 cm³/mol. The summed E-state index contributed by atoms with van der Waals surface area (Å²) in [5.74, 6) is 0.0993. The lowest BCUT2D eigenvalue weighted by molar-refractivity contribution is 0.0693. The van der Waals surface area contributed by atoms with Crippen LogP contribution in [0.5, 0.6) is 0 Å². The second-order valence-corrected chi connectivity index (χ2v) is 3.95. The average molecular weight is 236 g/mol. The molecule has 0 atom stereocenters. The Balaban J connectivity index is 2.12. The predicted octanol–water partition coefficient (Wildman–Crippen LogP) is 2.06. The molecular weight excluding hydrogens is 228 g/mol. The third-order valence-corrected chi connectivity index (χ3v) is 2.95. The first-order chi connectivity index (χ1) is 7.77. The van der Waals surface area contributed by atoms with Crippen molar-refractivity contribution in [2.24, 2.45) is 0 Å². The second-order valence-electron chi connectivity index (χ2n) is 2.94. The number of nitrogens with zero attached hydrogens (tertiary/aromatic N) is 2. The highest BCUT2D eigenvalue weighted by molar-refractivity contribution is 7.98. The normalized spacial score (nSPS) is 10.2. The smallest absolute Gasteiger partial charge is 0.336 e. The van der Waals surface area contributed by atoms with Gasteiger partial charge in [-0.05, 0) is 12.1 Å². The van der Waals surface area contributed by atoms with E-state index in [9.17, 15) is 4.79 Å². The molecule has 0 fully saturated rings. The van der Waals surface area contributed by atoms with Gasteiger partial charge in [0.15, 0.2) is 5.82 Å². The molecule has 0 aliphatic rings. The van der Waals surface area contributed by atoms with Gasteiger partial charge in [-0.1, -0.05) is 17.3 Å². The van der Waals surface area contributed by atoms with E-state index in [4.69, 9.17) is 5.11 Å². The topological polar surface area (TPSA) is 76.2 Å². The van der Waals surface area contributed by atoms with E-state index in [-0.39, 0.29) is 5.56 Å². The van der Waals surface area contributed by atoms with Gasteiger partial charge in [-0.3, -0.25) is 0 Å². The van der Waals surface area contributed by atoms with Crippen molar-refractivity contribution >= 4 is 17.7 Å². The van der Waals surface area contributed by atoms with Crippen LogP contribution in [0.25, 0.3) is 0 Å². The van der Waals surface area contributed by atoms with Crippen LogP contribution < -0.4 is 0 Å². The molecule has 0 aliphatic heterocycles. The Morgan fingerprint density at radius 3 is 2.94 bits per heavy atom. The molecule has 0 saturated carbocycles. The fourth-order valence-electron chi connectivity index (χ4n) is 1.17. The standard InChI is InChI=1S/C10H8N2O3S/c13-10(14)7-3-1-2-4-8(7)16-5-9-11-6-15-12-9/h1-4,6H,5H2,(H,13,14). The molecule has 1 aromatic heterocycles. The fraction of sp³-hybridized carbons (Fsp3) is 0.100. The van der Waals surface area contributed by atoms with Gasteiger partial charge in [0, 0.05) is 4.90 Å². The van der Waals surface area contributed by atoms with Gasteiger partial charge in [0.05, 0.1) is 11.3 Å². The number of hydrogen-bond donors (Lipinski definition) is 1. The van der Waals surface area contributed by atoms with Crippen LogP contribution in [0.4, 0.5) is 0 Å². The Bertz CT molecular complexity index is 485. The monoisotopic (exact) mass is 236 g/mol. The number of carboxylic acid groups (broad SMARTS) is 1. The average Bonchev–Trinajstić information content (AvgIpc) is 2.79. The molecule has 5 nitrogen and oxygen atoms in total. The molecule has 1 aromatic carbocycles. The van der Waals surface area contributed by atoms with Crippen LogP contribution in [0.1, 0.15) is 16.2 Å². The number of carbonyl (C=O) groups is 1. The molecule has 2 rings (SSSR count). The van der Waals surface area contributed by atoms with E-state index >= 15 is 0 Å². The number of carboxylic acids is 1. The molecule has 82 valence electrons. The number of aromatic carboxylic acids is 1. The molecule has 1 N–H and O–H groups in total. The lowest BCUT2D eigenvalue weighted by atomic mass is 10.2. The summed E-state index contributed by atoms with van der Waals surface area (Å²) in [5, 5.41) is 12.6. The van der Waals surface area contributed by atoms with Crippen molar-refractivity contribution < 1.29 is 14.4 Å². The Morgan fingerprint density at radius 1 is 1.44 bits per heavy atom. The summed E-state index contributed by atoms with van der Waals surface area (Å²) in [6, 6.07) is 6.82. The zero-order valence-electron chi connectivity index (χ0n) is 8.16. The van der Waals surface area contributed by atoms with Crippen molar-refractivity contribution in [3.63, 3.8) is 0 Å². The Kier molecular flexibility index (Phi) is 3.21. The maximum absolute atomic E-state index is 10.9. The summed E-state index contributed by atoms with van der Waals surface area (Å²) in [6.45, 7) is 0. The zero-order valence-corrected chi connectivity index (χ0v) is 8.98. The molecule has 16 heavy (non-hydrogen) atoms. The molecule has 0 amide bonds. The molecule has 0 saturated heterocycles. The lowest BCUT2D eigenvalue weighted by Gasteiger charge is -2.02. The number of rotatable bonds is 4. The lowest BCUT2D eigenvalue weighted by Crippen LogP contribution is -1.98. The Morgan fingerprint density at radius 2 is 2.25 bits per heavy atom. The SMILES string of the molecule is O=C(O)c1ccccc1SCc1ncon1. The summed E-state index contributed by atoms with van der Waals surface area (Å²) < 4.78 is 4.59. The van der Waals surface area contributed by atoms with Crippen LogP contribution in [0.15, 0.2) is 40.1 Å². The summed E-state index contributed by atoms with van der Waals surface area (Å²) in [5.41, 5.74) is 0.288. The van der Waals surface area contributed by atoms with Gasteiger partial charge in [-0.15, -0.1) is 11.8 Å². The summed E-state index contributed by atoms with van der Waals surface area (Å²) in [6.07, 6.45) is 1.25. The number of thioether (sulfide) groups is 1. The van der Waals surface area contributed by atoms with E-state index < -0.39 is 5.97 Å². The van der Waals surface area contributed by atoms with Gasteiger partial charge in [0.25, 0.3) is 0 Å². The summed E-state index contributed by atoms with van der Waals surface area (Å²) in [4.78, 5) is 15.5. The molecular formula is C10H8N2O3S. The highest BCUT2D eigenvalue weighted by atomic mass is 32.2. The number of hydrogen-bond acceptors (Lipinski definition) is 5. The van der Waals surface area contributed by atoms with Gasteiger partial charge in [0.1, 0.15) is 0 Å². The first kappa shape index (κ1) is 10.7. The molecule has 2 aromatic rings. The first-order valence-corrected chi connectivity index (χ1v) is 5.46. The van der Waals surface area contributed by atoms with E-state index in [0.29, 0.717) is 16.5 Å². The van der Waals surface area contributed by atoms with E-state index in [1.165, 1.54) is 18.2 Å². The second kappa shape index (κ2) is 4.80. The van der Waals surface area contributed by atoms with E-state index in [2.05, 4.69) is 14.7 Å². The van der Waals surface area contributed by atoms with Crippen LogP contribution in [-0.4, -0.2) is 21.2 Å². The molecule has 0 aliphatic carbocycles. The van der Waals surface area contributed by atoms with Gasteiger partial charge < -0.3 is 9.63 Å². The minimum absolute atomic E-state index is 0.288. The largest absolute Gasteiger partial charge is 0.478 e. The van der Waals surface area contributed by atoms with Gasteiger partial charge in [-0.2, -0.15) is 4.98 Å². The molecule has 1 heterocycles. The third kappa shape index (κ3) is 2.40. The molecule has 0 spiro atoms. The highest BCUT2D eigenvalue weighted by Gasteiger charge is 2.10. The van der Waals surface area contributed by atoms with Crippen molar-refractivity contribution in [3.05, 3.63) is 42.0 Å². The summed E-state index contributed by atoms with van der Waals surface area (Å²) in [7, 11) is 0. The minimum atomic E-state index is -0.934. The van der Waals surface area contributed by atoms with Crippen LogP contribution in [0.2, 0.25) is 0 Å². The zero-order chi connectivity index (χ0) is 11.4. The molecule has 0 radical (unpaired) electrons. The quantitative estimate of drug-likeness (QED) is 0.819. The summed E-state index contributed by atoms with van der Waals surface area (Å²) >= 11 is 1.37. The Hall–Kier alpha value is -1.82. The van der Waals surface area contributed by atoms with Crippen molar-refractivity contribution in [2.45, 2.75) is 10.6 Å². The molecule has 0 unspecified atom stereocenters. The maximum Gasteiger partial charge on any atom is 0.336 e. The van der Waals surface area contributed by atoms with Crippen molar-refractivity contribution in [3.8, 4) is 0 Å². The van der Waals surface area contributed by atoms with Crippen LogP contribution in [-0.2, 0) is 5.75 Å². The molecule has 6 heteroatoms. The van der Waals surface area contributed by atoms with E-state index in [0.717, 1.165) is 0 Å². The van der Waals surface area contributed by atoms with Gasteiger partial charge in [-0.25, -0.2) is 4.79 Å². The first-order valence-electron chi connectivity index (χ1n) is 4.48. The fourth-order valence-corrected chi connectivity index (χ4v) is 2.06. The van der Waals surface area contributed by atoms with Gasteiger partial charge in [0.2, 0.25) is 6.39 Å². The number of benzene rings is 1. The maximum atomic E-state index is 10.9. The highest BCUT2D eigenvalue weighted by Crippen LogP contribution is 2.25. The van der Waals surface area contributed by atoms with Crippen LogP contribution >= 0.6 is 11.8 Å². The van der Waals surface area contributed by atoms with Crippen molar-refractivity contribution in [2.75, 3.05) is 0 Å². The third-order valence-electron chi connectivity index (χ3n) is 1.88. The van der Waals surface area contributed by atoms with Crippen molar-refractivity contribution in [1.82, 2.24) is 10.1 Å². The van der Waals surface area contributed by atoms with Crippen LogP contribution in [0, 0.1) is 0 Å². The van der Waals surface area contributed by atoms with E-state index in [1.807, 2.05) is 0 Å².